The number of nitrogens with one attached hydrogen (secondary N) is 1. The van der Waals surface area contributed by atoms with Gasteiger partial charge in [-0.05, 0) is 29.8 Å². The normalized spacial score (nSPS) is 11.0. The van der Waals surface area contributed by atoms with E-state index in [4.69, 9.17) is 4.74 Å². The molecule has 1 amide bonds. The number of carbonyl (C=O) groups excluding carboxylic acids is 1. The van der Waals surface area contributed by atoms with Crippen molar-refractivity contribution < 1.29 is 19.7 Å². The molecule has 116 valence electrons. The Morgan fingerprint density at radius 2 is 1.64 bits per heavy atom. The lowest BCUT2D eigenvalue weighted by atomic mass is 9.84. The van der Waals surface area contributed by atoms with Crippen LogP contribution in [-0.2, 0) is 5.41 Å². The van der Waals surface area contributed by atoms with Crippen LogP contribution in [0.5, 0.6) is 5.75 Å². The van der Waals surface area contributed by atoms with Crippen molar-refractivity contribution in [3.05, 3.63) is 60.2 Å². The molecular weight excluding hydrogens is 282 g/mol. The van der Waals surface area contributed by atoms with E-state index in [-0.39, 0.29) is 13.2 Å². The fourth-order valence-corrected chi connectivity index (χ4v) is 1.93. The van der Waals surface area contributed by atoms with E-state index in [2.05, 4.69) is 5.32 Å². The number of carbonyl (C=O) groups is 1. The van der Waals surface area contributed by atoms with Crippen LogP contribution in [0.15, 0.2) is 54.6 Å². The maximum absolute atomic E-state index is 11.8. The zero-order chi connectivity index (χ0) is 16.0. The number of ether oxygens (including phenoxy) is 1. The summed E-state index contributed by atoms with van der Waals surface area (Å²) in [6.07, 6.45) is -0.578. The summed E-state index contributed by atoms with van der Waals surface area (Å²) in [5, 5.41) is 21.4. The first kappa shape index (κ1) is 16.0. The SMILES string of the molecule is CC(CO)(CO)c1ccc(NC(=O)Oc2ccccc2)cc1. The van der Waals surface area contributed by atoms with E-state index < -0.39 is 11.5 Å². The Balaban J connectivity index is 2.01. The number of para-hydroxylation sites is 1. The molecule has 0 aromatic heterocycles. The quantitative estimate of drug-likeness (QED) is 0.793. The lowest BCUT2D eigenvalue weighted by Crippen LogP contribution is -2.30. The number of hydrogen-bond acceptors (Lipinski definition) is 4. The number of aliphatic hydroxyl groups is 2. The highest BCUT2D eigenvalue weighted by molar-refractivity contribution is 5.86. The third-order valence-corrected chi connectivity index (χ3v) is 3.48. The number of aliphatic hydroxyl groups excluding tert-OH is 2. The van der Waals surface area contributed by atoms with Crippen LogP contribution in [-0.4, -0.2) is 29.5 Å². The zero-order valence-electron chi connectivity index (χ0n) is 12.3. The molecule has 0 unspecified atom stereocenters. The minimum absolute atomic E-state index is 0.160. The highest BCUT2D eigenvalue weighted by Gasteiger charge is 2.24. The molecule has 0 saturated heterocycles. The molecule has 3 N–H and O–H groups in total. The van der Waals surface area contributed by atoms with Gasteiger partial charge in [0.05, 0.1) is 13.2 Å². The van der Waals surface area contributed by atoms with E-state index in [1.165, 1.54) is 0 Å². The molecule has 0 radical (unpaired) electrons. The predicted octanol–water partition coefficient (Wildman–Crippen LogP) is 2.54. The van der Waals surface area contributed by atoms with Gasteiger partial charge in [-0.3, -0.25) is 5.32 Å². The zero-order valence-corrected chi connectivity index (χ0v) is 12.3. The Bertz CT molecular complexity index is 606. The average molecular weight is 301 g/mol. The van der Waals surface area contributed by atoms with E-state index in [9.17, 15) is 15.0 Å². The molecule has 2 rings (SSSR count). The maximum Gasteiger partial charge on any atom is 0.417 e. The van der Waals surface area contributed by atoms with Crippen molar-refractivity contribution in [1.82, 2.24) is 0 Å². The maximum atomic E-state index is 11.8. The molecule has 0 atom stereocenters. The number of hydrogen-bond donors (Lipinski definition) is 3. The molecule has 0 bridgehead atoms. The number of benzene rings is 2. The van der Waals surface area contributed by atoms with Gasteiger partial charge in [-0.1, -0.05) is 37.3 Å². The molecule has 0 aliphatic rings. The summed E-state index contributed by atoms with van der Waals surface area (Å²) in [6.45, 7) is 1.44. The Morgan fingerprint density at radius 1 is 1.05 bits per heavy atom. The molecule has 0 heterocycles. The van der Waals surface area contributed by atoms with Crippen molar-refractivity contribution in [3.63, 3.8) is 0 Å². The summed E-state index contributed by atoms with van der Waals surface area (Å²) in [7, 11) is 0. The van der Waals surface area contributed by atoms with Gasteiger partial charge < -0.3 is 14.9 Å². The Labute approximate surface area is 129 Å². The first-order valence-electron chi connectivity index (χ1n) is 6.93. The molecule has 0 spiro atoms. The summed E-state index contributed by atoms with van der Waals surface area (Å²) in [5.41, 5.74) is 0.658. The summed E-state index contributed by atoms with van der Waals surface area (Å²) >= 11 is 0. The van der Waals surface area contributed by atoms with Crippen molar-refractivity contribution in [2.45, 2.75) is 12.3 Å². The topological polar surface area (TPSA) is 78.8 Å². The average Bonchev–Trinajstić information content (AvgIpc) is 2.55. The van der Waals surface area contributed by atoms with Crippen LogP contribution >= 0.6 is 0 Å². The second-order valence-electron chi connectivity index (χ2n) is 5.28. The molecule has 0 aliphatic heterocycles. The third kappa shape index (κ3) is 3.84. The second kappa shape index (κ2) is 7.06. The van der Waals surface area contributed by atoms with Crippen LogP contribution in [0, 0.1) is 0 Å². The van der Waals surface area contributed by atoms with Gasteiger partial charge in [-0.2, -0.15) is 0 Å². The van der Waals surface area contributed by atoms with Gasteiger partial charge in [0.25, 0.3) is 0 Å². The molecule has 2 aromatic carbocycles. The number of anilines is 1. The predicted molar refractivity (Wildman–Crippen MR) is 84.1 cm³/mol. The van der Waals surface area contributed by atoms with E-state index >= 15 is 0 Å². The van der Waals surface area contributed by atoms with Crippen LogP contribution in [0.1, 0.15) is 12.5 Å². The molecule has 5 heteroatoms. The third-order valence-electron chi connectivity index (χ3n) is 3.48. The molecule has 22 heavy (non-hydrogen) atoms. The summed E-state index contributed by atoms with van der Waals surface area (Å²) in [4.78, 5) is 11.8. The van der Waals surface area contributed by atoms with Crippen molar-refractivity contribution in [2.75, 3.05) is 18.5 Å². The largest absolute Gasteiger partial charge is 0.417 e. The number of amides is 1. The van der Waals surface area contributed by atoms with Gasteiger partial charge in [0, 0.05) is 11.1 Å². The molecule has 0 aliphatic carbocycles. The minimum atomic E-state index is -0.705. The van der Waals surface area contributed by atoms with Gasteiger partial charge in [-0.15, -0.1) is 0 Å². The molecule has 0 saturated carbocycles. The first-order valence-corrected chi connectivity index (χ1v) is 6.93. The van der Waals surface area contributed by atoms with Crippen molar-refractivity contribution in [3.8, 4) is 5.75 Å². The van der Waals surface area contributed by atoms with Crippen LogP contribution in [0.4, 0.5) is 10.5 Å². The van der Waals surface area contributed by atoms with Gasteiger partial charge in [-0.25, -0.2) is 4.79 Å². The van der Waals surface area contributed by atoms with E-state index in [1.807, 2.05) is 6.07 Å². The van der Waals surface area contributed by atoms with Crippen LogP contribution in [0.3, 0.4) is 0 Å². The number of rotatable bonds is 5. The van der Waals surface area contributed by atoms with Crippen LogP contribution in [0.2, 0.25) is 0 Å². The fraction of sp³-hybridized carbons (Fsp3) is 0.235. The Morgan fingerprint density at radius 3 is 2.18 bits per heavy atom. The minimum Gasteiger partial charge on any atom is -0.410 e. The fourth-order valence-electron chi connectivity index (χ4n) is 1.93. The van der Waals surface area contributed by atoms with Crippen molar-refractivity contribution in [1.29, 1.82) is 0 Å². The lowest BCUT2D eigenvalue weighted by Gasteiger charge is -2.25. The molecule has 2 aromatic rings. The standard InChI is InChI=1S/C17H19NO4/c1-17(11-19,12-20)13-7-9-14(10-8-13)18-16(21)22-15-5-3-2-4-6-15/h2-10,19-20H,11-12H2,1H3,(H,18,21). The van der Waals surface area contributed by atoms with Crippen LogP contribution < -0.4 is 10.1 Å². The highest BCUT2D eigenvalue weighted by atomic mass is 16.6. The molecular formula is C17H19NO4. The molecule has 0 fully saturated rings. The van der Waals surface area contributed by atoms with Gasteiger partial charge in [0.2, 0.25) is 0 Å². The van der Waals surface area contributed by atoms with Crippen molar-refractivity contribution >= 4 is 11.8 Å². The van der Waals surface area contributed by atoms with Gasteiger partial charge in [0.1, 0.15) is 5.75 Å². The Hall–Kier alpha value is -2.37. The summed E-state index contributed by atoms with van der Waals surface area (Å²) in [5.74, 6) is 0.463. The van der Waals surface area contributed by atoms with Gasteiger partial charge >= 0.3 is 6.09 Å². The van der Waals surface area contributed by atoms with E-state index in [0.29, 0.717) is 11.4 Å². The smallest absolute Gasteiger partial charge is 0.410 e. The monoisotopic (exact) mass is 301 g/mol. The Kier molecular flexibility index (Phi) is 5.14. The molecule has 5 nitrogen and oxygen atoms in total. The second-order valence-corrected chi connectivity index (χ2v) is 5.28. The van der Waals surface area contributed by atoms with Crippen molar-refractivity contribution in [2.24, 2.45) is 0 Å². The first-order chi connectivity index (χ1) is 10.6. The van der Waals surface area contributed by atoms with E-state index in [0.717, 1.165) is 5.56 Å². The summed E-state index contributed by atoms with van der Waals surface area (Å²) in [6, 6.07) is 15.7. The lowest BCUT2D eigenvalue weighted by molar-refractivity contribution is 0.129. The van der Waals surface area contributed by atoms with E-state index in [1.54, 1.807) is 55.5 Å². The van der Waals surface area contributed by atoms with Crippen LogP contribution in [0.25, 0.3) is 0 Å². The highest BCUT2D eigenvalue weighted by Crippen LogP contribution is 2.24. The summed E-state index contributed by atoms with van der Waals surface area (Å²) < 4.78 is 5.13. The van der Waals surface area contributed by atoms with Gasteiger partial charge in [0.15, 0.2) is 0 Å².